The third-order valence-electron chi connectivity index (χ3n) is 5.25. The number of nitrogens with one attached hydrogen (secondary N) is 1. The number of hydrogen-bond acceptors (Lipinski definition) is 6. The minimum absolute atomic E-state index is 0.134. The molecule has 9 nitrogen and oxygen atoms in total. The monoisotopic (exact) mass is 455 g/mol. The second-order valence-corrected chi connectivity index (χ2v) is 9.00. The van der Waals surface area contributed by atoms with Gasteiger partial charge in [-0.25, -0.2) is 4.79 Å². The van der Waals surface area contributed by atoms with E-state index in [1.54, 1.807) is 20.8 Å². The molecule has 0 bridgehead atoms. The molecule has 1 atom stereocenters. The number of benzene rings is 1. The van der Waals surface area contributed by atoms with Crippen LogP contribution in [0.5, 0.6) is 0 Å². The van der Waals surface area contributed by atoms with Crippen LogP contribution >= 0.6 is 0 Å². The van der Waals surface area contributed by atoms with Crippen LogP contribution in [0.1, 0.15) is 38.8 Å². The molecule has 1 aliphatic rings. The predicted molar refractivity (Wildman–Crippen MR) is 126 cm³/mol. The zero-order valence-electron chi connectivity index (χ0n) is 19.8. The van der Waals surface area contributed by atoms with Crippen molar-refractivity contribution in [3.8, 4) is 0 Å². The number of nitrogen functional groups attached to an aromatic ring is 1. The second-order valence-electron chi connectivity index (χ2n) is 9.00. The highest BCUT2D eigenvalue weighted by Crippen LogP contribution is 2.15. The highest BCUT2D eigenvalue weighted by molar-refractivity contribution is 5.86. The van der Waals surface area contributed by atoms with Gasteiger partial charge in [-0.05, 0) is 38.8 Å². The first-order valence-electron chi connectivity index (χ1n) is 11.0. The summed E-state index contributed by atoms with van der Waals surface area (Å²) in [6, 6.07) is 7.13. The Kier molecular flexibility index (Phi) is 7.43. The van der Waals surface area contributed by atoms with Gasteiger partial charge in [0, 0.05) is 18.3 Å². The molecule has 1 aromatic heterocycles. The number of nitrogens with zero attached hydrogens (tertiary/aromatic N) is 3. The molecule has 1 aliphatic heterocycles. The lowest BCUT2D eigenvalue weighted by molar-refractivity contribution is -0.132. The smallest absolute Gasteiger partial charge is 0.411 e. The number of anilines is 1. The lowest BCUT2D eigenvalue weighted by Crippen LogP contribution is -2.56. The van der Waals surface area contributed by atoms with Crippen molar-refractivity contribution in [2.75, 3.05) is 25.5 Å². The maximum atomic E-state index is 12.9. The number of amides is 2. The topological polar surface area (TPSA) is 112 Å². The Labute approximate surface area is 193 Å². The van der Waals surface area contributed by atoms with Crippen molar-refractivity contribution < 1.29 is 19.1 Å². The number of nitrogens with two attached hydrogens (primary N) is 1. The molecule has 2 heterocycles. The Morgan fingerprint density at radius 2 is 2.09 bits per heavy atom. The average molecular weight is 456 g/mol. The Morgan fingerprint density at radius 1 is 1.36 bits per heavy atom. The number of hydrogen-bond donors (Lipinski definition) is 2. The third-order valence-corrected chi connectivity index (χ3v) is 5.25. The first-order chi connectivity index (χ1) is 15.6. The van der Waals surface area contributed by atoms with Crippen LogP contribution in [-0.4, -0.2) is 58.1 Å². The van der Waals surface area contributed by atoms with Gasteiger partial charge >= 0.3 is 6.09 Å². The van der Waals surface area contributed by atoms with Gasteiger partial charge in [-0.2, -0.15) is 5.10 Å². The largest absolute Gasteiger partial charge is 0.444 e. The quantitative estimate of drug-likeness (QED) is 0.695. The Bertz CT molecular complexity index is 1120. The van der Waals surface area contributed by atoms with E-state index in [9.17, 15) is 9.59 Å². The van der Waals surface area contributed by atoms with Gasteiger partial charge < -0.3 is 20.5 Å². The van der Waals surface area contributed by atoms with Gasteiger partial charge in [0.2, 0.25) is 5.91 Å². The molecule has 0 saturated carbocycles. The van der Waals surface area contributed by atoms with Crippen molar-refractivity contribution in [3.63, 3.8) is 0 Å². The normalized spacial score (nSPS) is 17.2. The molecule has 2 aromatic rings. The van der Waals surface area contributed by atoms with Crippen molar-refractivity contribution in [2.24, 2.45) is 0 Å². The van der Waals surface area contributed by atoms with E-state index in [-0.39, 0.29) is 12.5 Å². The molecule has 0 aliphatic carbocycles. The summed E-state index contributed by atoms with van der Waals surface area (Å²) >= 11 is 0. The summed E-state index contributed by atoms with van der Waals surface area (Å²) in [6.07, 6.45) is 1.41. The van der Waals surface area contributed by atoms with Crippen LogP contribution < -0.4 is 21.6 Å². The van der Waals surface area contributed by atoms with Gasteiger partial charge in [0.1, 0.15) is 11.6 Å². The summed E-state index contributed by atoms with van der Waals surface area (Å²) in [7, 11) is 0. The van der Waals surface area contributed by atoms with E-state index in [0.29, 0.717) is 37.3 Å². The van der Waals surface area contributed by atoms with Crippen LogP contribution in [0.15, 0.2) is 24.3 Å². The molecular weight excluding hydrogens is 422 g/mol. The van der Waals surface area contributed by atoms with Crippen LogP contribution in [-0.2, 0) is 27.4 Å². The fourth-order valence-corrected chi connectivity index (χ4v) is 3.65. The molecular formula is C24H33N5O4. The maximum absolute atomic E-state index is 12.9. The third kappa shape index (κ3) is 6.13. The molecule has 178 valence electrons. The fourth-order valence-electron chi connectivity index (χ4n) is 3.65. The van der Waals surface area contributed by atoms with Crippen LogP contribution in [0.3, 0.4) is 0 Å². The van der Waals surface area contributed by atoms with Crippen molar-refractivity contribution in [3.05, 3.63) is 46.0 Å². The molecule has 1 unspecified atom stereocenters. The molecule has 9 heteroatoms. The maximum Gasteiger partial charge on any atom is 0.411 e. The first kappa shape index (κ1) is 24.3. The summed E-state index contributed by atoms with van der Waals surface area (Å²) in [4.78, 5) is 26.8. The number of aromatic nitrogens is 2. The highest BCUT2D eigenvalue weighted by atomic mass is 16.6. The van der Waals surface area contributed by atoms with E-state index in [1.165, 1.54) is 4.90 Å². The van der Waals surface area contributed by atoms with Gasteiger partial charge in [0.15, 0.2) is 5.82 Å². The molecule has 33 heavy (non-hydrogen) atoms. The summed E-state index contributed by atoms with van der Waals surface area (Å²) in [5.41, 5.74) is 7.22. The Hall–Kier alpha value is -3.33. The molecule has 2 amide bonds. The number of ether oxygens (including phenoxy) is 2. The van der Waals surface area contributed by atoms with Crippen LogP contribution in [0.4, 0.5) is 10.6 Å². The zero-order valence-corrected chi connectivity index (χ0v) is 19.8. The average Bonchev–Trinajstić information content (AvgIpc) is 3.03. The van der Waals surface area contributed by atoms with Crippen molar-refractivity contribution in [1.29, 1.82) is 0 Å². The highest BCUT2D eigenvalue weighted by Gasteiger charge is 2.35. The number of carbonyl (C=O) groups is 2. The molecule has 1 fully saturated rings. The van der Waals surface area contributed by atoms with E-state index in [0.717, 1.165) is 16.5 Å². The number of carbonyl (C=O) groups excluding carboxylic acids is 2. The molecule has 1 saturated heterocycles. The van der Waals surface area contributed by atoms with Crippen molar-refractivity contribution >= 4 is 30.5 Å². The van der Waals surface area contributed by atoms with Gasteiger partial charge in [-0.15, -0.1) is 0 Å². The second kappa shape index (κ2) is 10.1. The predicted octanol–water partition coefficient (Wildman–Crippen LogP) is 0.976. The van der Waals surface area contributed by atoms with E-state index in [2.05, 4.69) is 17.0 Å². The number of rotatable bonds is 5. The lowest BCUT2D eigenvalue weighted by Gasteiger charge is -2.35. The molecule has 3 N–H and O–H groups in total. The summed E-state index contributed by atoms with van der Waals surface area (Å²) in [6.45, 7) is 12.9. The van der Waals surface area contributed by atoms with Crippen molar-refractivity contribution in [2.45, 2.75) is 52.4 Å². The Morgan fingerprint density at radius 3 is 2.79 bits per heavy atom. The summed E-state index contributed by atoms with van der Waals surface area (Å²) in [5.74, 6) is 0.131. The number of morpholine rings is 1. The summed E-state index contributed by atoms with van der Waals surface area (Å²) < 4.78 is 12.7. The lowest BCUT2D eigenvalue weighted by atomic mass is 10.1. The van der Waals surface area contributed by atoms with E-state index in [1.807, 2.05) is 41.9 Å². The van der Waals surface area contributed by atoms with Crippen LogP contribution in [0.25, 0.3) is 12.7 Å². The van der Waals surface area contributed by atoms with Gasteiger partial charge in [0.25, 0.3) is 0 Å². The fraction of sp³-hybridized carbons (Fsp3) is 0.458. The minimum atomic E-state index is -0.734. The minimum Gasteiger partial charge on any atom is -0.444 e. The molecule has 1 aromatic carbocycles. The van der Waals surface area contributed by atoms with Crippen LogP contribution in [0, 0.1) is 0 Å². The van der Waals surface area contributed by atoms with Crippen molar-refractivity contribution in [1.82, 2.24) is 20.0 Å². The first-order valence-corrected chi connectivity index (χ1v) is 11.0. The molecule has 0 radical (unpaired) electrons. The van der Waals surface area contributed by atoms with E-state index < -0.39 is 17.7 Å². The Balaban J connectivity index is 1.66. The molecule has 0 spiro atoms. The van der Waals surface area contributed by atoms with E-state index in [4.69, 9.17) is 15.2 Å². The van der Waals surface area contributed by atoms with Crippen LogP contribution in [0.2, 0.25) is 0 Å². The van der Waals surface area contributed by atoms with Gasteiger partial charge in [-0.1, -0.05) is 36.9 Å². The van der Waals surface area contributed by atoms with Gasteiger partial charge in [-0.3, -0.25) is 14.4 Å². The summed E-state index contributed by atoms with van der Waals surface area (Å²) in [5, 5.41) is 8.87. The van der Waals surface area contributed by atoms with Gasteiger partial charge in [0.05, 0.1) is 25.1 Å². The van der Waals surface area contributed by atoms with E-state index >= 15 is 0 Å². The molecule has 3 rings (SSSR count). The standard InChI is InChI=1S/C24H33N5O4/c1-6-19-16(2)21(25)27-29(19)14-18-9-7-8-17(12-18)13-26-22(30)20-15-32-11-10-28(20)23(31)33-24(3,4)5/h6-9,12,20H,2,10-11,13-15H2,1,3-5H3,(H2,25,27)(H,26,30). The zero-order chi connectivity index (χ0) is 24.2. The SMILES string of the molecule is C=c1c(N)nn(Cc2cccc(CNC(=O)C3COCCN3C(=O)OC(C)(C)C)c2)c1=CC.